The van der Waals surface area contributed by atoms with Crippen molar-refractivity contribution in [1.29, 1.82) is 0 Å². The van der Waals surface area contributed by atoms with E-state index in [1.54, 1.807) is 0 Å². The average Bonchev–Trinajstić information content (AvgIpc) is 2.78. The summed E-state index contributed by atoms with van der Waals surface area (Å²) in [5.41, 5.74) is -1.02. The van der Waals surface area contributed by atoms with Gasteiger partial charge in [-0.15, -0.1) is 0 Å². The lowest BCUT2D eigenvalue weighted by molar-refractivity contribution is -0.137. The highest BCUT2D eigenvalue weighted by Crippen LogP contribution is 2.42. The Morgan fingerprint density at radius 2 is 1.63 bits per heavy atom. The molecule has 0 aliphatic heterocycles. The lowest BCUT2D eigenvalue weighted by Crippen LogP contribution is -2.28. The molecule has 0 fully saturated rings. The molecule has 0 saturated heterocycles. The summed E-state index contributed by atoms with van der Waals surface area (Å²) in [6.07, 6.45) is -1.50. The number of unbranched alkanes of at least 4 members (excludes halogenated alkanes) is 2. The summed E-state index contributed by atoms with van der Waals surface area (Å²) in [5, 5.41) is 9.69. The van der Waals surface area contributed by atoms with Crippen molar-refractivity contribution in [3.8, 4) is 11.5 Å². The Morgan fingerprint density at radius 3 is 2.11 bits per heavy atom. The summed E-state index contributed by atoms with van der Waals surface area (Å²) >= 11 is 0. The van der Waals surface area contributed by atoms with Crippen LogP contribution in [-0.4, -0.2) is 51.0 Å². The third kappa shape index (κ3) is 7.11. The predicted molar refractivity (Wildman–Crippen MR) is 128 cm³/mol. The molecule has 11 heteroatoms. The SMILES string of the molecule is CCCCN(CCCC)c1cc(C(=O)O)cc(S(=O)(=O)N(C)C)c1Oc1cccc(C(F)(F)F)c1. The van der Waals surface area contributed by atoms with Gasteiger partial charge in [0.15, 0.2) is 5.75 Å². The lowest BCUT2D eigenvalue weighted by atomic mass is 10.1. The Morgan fingerprint density at radius 1 is 1.03 bits per heavy atom. The number of carboxylic acids is 1. The molecule has 2 aromatic rings. The minimum atomic E-state index is -4.62. The normalized spacial score (nSPS) is 12.1. The summed E-state index contributed by atoms with van der Waals surface area (Å²) in [6, 6.07) is 6.40. The topological polar surface area (TPSA) is 87.2 Å². The van der Waals surface area contributed by atoms with Crippen LogP contribution in [0.15, 0.2) is 41.3 Å². The molecular formula is C24H31F3N2O5S. The Hall–Kier alpha value is -2.79. The smallest absolute Gasteiger partial charge is 0.416 e. The van der Waals surface area contributed by atoms with Crippen LogP contribution in [0.1, 0.15) is 55.5 Å². The van der Waals surface area contributed by atoms with Gasteiger partial charge in [0.25, 0.3) is 0 Å². The number of ether oxygens (including phenoxy) is 1. The Bertz CT molecular complexity index is 1130. The summed E-state index contributed by atoms with van der Waals surface area (Å²) in [5.74, 6) is -1.77. The fourth-order valence-corrected chi connectivity index (χ4v) is 4.39. The van der Waals surface area contributed by atoms with Gasteiger partial charge < -0.3 is 14.7 Å². The molecular weight excluding hydrogens is 485 g/mol. The van der Waals surface area contributed by atoms with Crippen LogP contribution in [0.4, 0.5) is 18.9 Å². The van der Waals surface area contributed by atoms with Gasteiger partial charge in [-0.2, -0.15) is 13.2 Å². The number of benzene rings is 2. The number of nitrogens with zero attached hydrogens (tertiary/aromatic N) is 2. The van der Waals surface area contributed by atoms with Gasteiger partial charge in [-0.05, 0) is 43.2 Å². The molecule has 0 amide bonds. The van der Waals surface area contributed by atoms with Crippen molar-refractivity contribution >= 4 is 21.7 Å². The zero-order valence-corrected chi connectivity index (χ0v) is 21.0. The number of halogens is 3. The zero-order valence-electron chi connectivity index (χ0n) is 20.2. The van der Waals surface area contributed by atoms with Crippen molar-refractivity contribution < 1.29 is 36.2 Å². The zero-order chi connectivity index (χ0) is 26.4. The number of hydrogen-bond acceptors (Lipinski definition) is 5. The molecule has 0 spiro atoms. The van der Waals surface area contributed by atoms with Gasteiger partial charge in [-0.25, -0.2) is 17.5 Å². The van der Waals surface area contributed by atoms with Crippen molar-refractivity contribution in [2.45, 2.75) is 50.6 Å². The average molecular weight is 517 g/mol. The molecule has 35 heavy (non-hydrogen) atoms. The van der Waals surface area contributed by atoms with Crippen LogP contribution >= 0.6 is 0 Å². The Balaban J connectivity index is 2.84. The van der Waals surface area contributed by atoms with Gasteiger partial charge in [-0.3, -0.25) is 0 Å². The van der Waals surface area contributed by atoms with Crippen molar-refractivity contribution in [3.05, 3.63) is 47.5 Å². The molecule has 0 aliphatic rings. The van der Waals surface area contributed by atoms with Crippen LogP contribution in [0.2, 0.25) is 0 Å². The first-order chi connectivity index (χ1) is 16.3. The van der Waals surface area contributed by atoms with Gasteiger partial charge in [-0.1, -0.05) is 32.8 Å². The maximum atomic E-state index is 13.3. The van der Waals surface area contributed by atoms with E-state index in [1.165, 1.54) is 26.2 Å². The van der Waals surface area contributed by atoms with Crippen LogP contribution in [0, 0.1) is 0 Å². The summed E-state index contributed by atoms with van der Waals surface area (Å²) in [6.45, 7) is 4.93. The van der Waals surface area contributed by atoms with Gasteiger partial charge in [0.05, 0.1) is 16.8 Å². The van der Waals surface area contributed by atoms with Crippen molar-refractivity contribution in [2.75, 3.05) is 32.1 Å². The maximum Gasteiger partial charge on any atom is 0.416 e. The minimum Gasteiger partial charge on any atom is -0.478 e. The minimum absolute atomic E-state index is 0.199. The molecule has 194 valence electrons. The van der Waals surface area contributed by atoms with Crippen molar-refractivity contribution in [3.63, 3.8) is 0 Å². The first-order valence-electron chi connectivity index (χ1n) is 11.3. The van der Waals surface area contributed by atoms with Crippen LogP contribution in [-0.2, 0) is 16.2 Å². The third-order valence-corrected chi connectivity index (χ3v) is 7.15. The number of sulfonamides is 1. The van der Waals surface area contributed by atoms with Crippen molar-refractivity contribution in [2.24, 2.45) is 0 Å². The van der Waals surface area contributed by atoms with E-state index in [2.05, 4.69) is 0 Å². The molecule has 2 rings (SSSR count). The number of alkyl halides is 3. The van der Waals surface area contributed by atoms with E-state index in [4.69, 9.17) is 4.74 Å². The van der Waals surface area contributed by atoms with E-state index in [9.17, 15) is 31.5 Å². The van der Waals surface area contributed by atoms with E-state index < -0.39 is 32.6 Å². The van der Waals surface area contributed by atoms with Gasteiger partial charge >= 0.3 is 12.1 Å². The van der Waals surface area contributed by atoms with Gasteiger partial charge in [0.1, 0.15) is 10.6 Å². The monoisotopic (exact) mass is 516 g/mol. The number of hydrogen-bond donors (Lipinski definition) is 1. The number of carboxylic acid groups (broad SMARTS) is 1. The molecule has 0 saturated carbocycles. The fraction of sp³-hybridized carbons (Fsp3) is 0.458. The molecule has 0 atom stereocenters. The van der Waals surface area contributed by atoms with E-state index >= 15 is 0 Å². The van der Waals surface area contributed by atoms with E-state index in [1.807, 2.05) is 18.7 Å². The Labute approximate surface area is 204 Å². The second-order valence-corrected chi connectivity index (χ2v) is 10.4. The molecule has 7 nitrogen and oxygen atoms in total. The lowest BCUT2D eigenvalue weighted by Gasteiger charge is -2.29. The molecule has 2 aromatic carbocycles. The largest absolute Gasteiger partial charge is 0.478 e. The molecule has 0 aromatic heterocycles. The second-order valence-electron chi connectivity index (χ2n) is 8.24. The van der Waals surface area contributed by atoms with Crippen LogP contribution < -0.4 is 9.64 Å². The molecule has 0 unspecified atom stereocenters. The van der Waals surface area contributed by atoms with Crippen LogP contribution in [0.25, 0.3) is 0 Å². The second kappa shape index (κ2) is 11.8. The number of anilines is 1. The maximum absolute atomic E-state index is 13.3. The fourth-order valence-electron chi connectivity index (χ4n) is 3.34. The predicted octanol–water partition coefficient (Wildman–Crippen LogP) is 5.85. The molecule has 0 radical (unpaired) electrons. The summed E-state index contributed by atoms with van der Waals surface area (Å²) in [4.78, 5) is 13.3. The Kier molecular flexibility index (Phi) is 9.56. The summed E-state index contributed by atoms with van der Waals surface area (Å²) in [7, 11) is -1.66. The molecule has 0 aliphatic carbocycles. The quantitative estimate of drug-likeness (QED) is 0.381. The van der Waals surface area contributed by atoms with Crippen LogP contribution in [0.3, 0.4) is 0 Å². The highest BCUT2D eigenvalue weighted by atomic mass is 32.2. The van der Waals surface area contributed by atoms with Gasteiger partial charge in [0, 0.05) is 27.2 Å². The number of aromatic carboxylic acids is 1. The highest BCUT2D eigenvalue weighted by Gasteiger charge is 2.32. The van der Waals surface area contributed by atoms with E-state index in [0.29, 0.717) is 13.1 Å². The first-order valence-corrected chi connectivity index (χ1v) is 12.7. The van der Waals surface area contributed by atoms with E-state index in [-0.39, 0.29) is 22.7 Å². The number of rotatable bonds is 12. The molecule has 0 bridgehead atoms. The van der Waals surface area contributed by atoms with Crippen LogP contribution in [0.5, 0.6) is 11.5 Å². The highest BCUT2D eigenvalue weighted by molar-refractivity contribution is 7.89. The first kappa shape index (κ1) is 28.4. The van der Waals surface area contributed by atoms with Gasteiger partial charge in [0.2, 0.25) is 10.0 Å². The standard InChI is InChI=1S/C24H31F3N2O5S/c1-5-7-12-29(13-8-6-2)20-14-17(23(30)31)15-21(35(32,33)28(3)4)22(20)34-19-11-9-10-18(16-19)24(25,26)27/h9-11,14-16H,5-8,12-13H2,1-4H3,(H,30,31). The molecule has 0 heterocycles. The van der Waals surface area contributed by atoms with Crippen molar-refractivity contribution in [1.82, 2.24) is 4.31 Å². The summed E-state index contributed by atoms with van der Waals surface area (Å²) < 4.78 is 73.0. The number of carbonyl (C=O) groups is 1. The molecule has 1 N–H and O–H groups in total. The van der Waals surface area contributed by atoms with E-state index in [0.717, 1.165) is 54.3 Å². The third-order valence-electron chi connectivity index (χ3n) is 5.33.